The number of para-hydroxylation sites is 1. The number of nitrogens with zero attached hydrogens (tertiary/aromatic N) is 4. The SMILES string of the molecule is CCN(CC)c1ccc2c(N(C)CCC[N+](C)(C)C)cc(/C=C3\Sc4ccccc4N3C)[o+]c2c1. The Hall–Kier alpha value is -2.70. The smallest absolute Gasteiger partial charge is 0.364 e. The van der Waals surface area contributed by atoms with Gasteiger partial charge in [-0.1, -0.05) is 23.9 Å². The van der Waals surface area contributed by atoms with E-state index in [0.29, 0.717) is 0 Å². The monoisotopic (exact) mass is 492 g/mol. The highest BCUT2D eigenvalue weighted by Gasteiger charge is 2.25. The average Bonchev–Trinajstić information content (AvgIpc) is 3.13. The molecule has 0 saturated carbocycles. The number of thioether (sulfide) groups is 1. The van der Waals surface area contributed by atoms with Gasteiger partial charge in [0.15, 0.2) is 0 Å². The van der Waals surface area contributed by atoms with Crippen LogP contribution in [-0.4, -0.2) is 65.9 Å². The van der Waals surface area contributed by atoms with E-state index in [4.69, 9.17) is 4.42 Å². The Labute approximate surface area is 215 Å². The number of hydrogen-bond donors (Lipinski definition) is 0. The Morgan fingerprint density at radius 3 is 2.46 bits per heavy atom. The largest absolute Gasteiger partial charge is 0.373 e. The predicted molar refractivity (Wildman–Crippen MR) is 154 cm³/mol. The molecule has 0 fully saturated rings. The Kier molecular flexibility index (Phi) is 7.62. The van der Waals surface area contributed by atoms with Gasteiger partial charge >= 0.3 is 11.3 Å². The summed E-state index contributed by atoms with van der Waals surface area (Å²) in [6, 6.07) is 17.4. The fraction of sp³-hybridized carbons (Fsp3) is 0.414. The number of fused-ring (bicyclic) bond motifs is 2. The van der Waals surface area contributed by atoms with Crippen LogP contribution in [0, 0.1) is 0 Å². The molecule has 2 aromatic carbocycles. The van der Waals surface area contributed by atoms with Gasteiger partial charge in [0, 0.05) is 50.7 Å². The molecule has 0 atom stereocenters. The fourth-order valence-electron chi connectivity index (χ4n) is 4.62. The average molecular weight is 493 g/mol. The van der Waals surface area contributed by atoms with Gasteiger partial charge in [0.1, 0.15) is 5.39 Å². The van der Waals surface area contributed by atoms with Gasteiger partial charge in [-0.15, -0.1) is 0 Å². The molecule has 0 unspecified atom stereocenters. The lowest BCUT2D eigenvalue weighted by molar-refractivity contribution is -0.870. The first-order valence-corrected chi connectivity index (χ1v) is 13.4. The van der Waals surface area contributed by atoms with Crippen LogP contribution < -0.4 is 14.7 Å². The zero-order chi connectivity index (χ0) is 25.2. The molecule has 0 N–H and O–H groups in total. The van der Waals surface area contributed by atoms with E-state index in [0.717, 1.165) is 53.8 Å². The van der Waals surface area contributed by atoms with E-state index in [1.165, 1.54) is 27.0 Å². The van der Waals surface area contributed by atoms with Crippen LogP contribution in [0.1, 0.15) is 26.0 Å². The second kappa shape index (κ2) is 10.5. The first-order chi connectivity index (χ1) is 16.7. The molecule has 0 bridgehead atoms. The van der Waals surface area contributed by atoms with Crippen molar-refractivity contribution in [1.29, 1.82) is 0 Å². The normalized spacial score (nSPS) is 14.6. The maximum Gasteiger partial charge on any atom is 0.364 e. The predicted octanol–water partition coefficient (Wildman–Crippen LogP) is 6.63. The Morgan fingerprint density at radius 2 is 1.77 bits per heavy atom. The van der Waals surface area contributed by atoms with Crippen molar-refractivity contribution in [1.82, 2.24) is 0 Å². The van der Waals surface area contributed by atoms with E-state index in [1.807, 2.05) is 0 Å². The molecule has 0 spiro atoms. The zero-order valence-electron chi connectivity index (χ0n) is 22.3. The topological polar surface area (TPSA) is 21.0 Å². The lowest BCUT2D eigenvalue weighted by atomic mass is 10.1. The molecule has 5 nitrogen and oxygen atoms in total. The van der Waals surface area contributed by atoms with Gasteiger partial charge < -0.3 is 19.2 Å². The standard InChI is InChI=1S/C29H40N4OS/c1-8-32(9-2)22-15-16-24-26(30(3)17-12-18-33(5,6)7)20-23(34-27(24)19-22)21-29-31(4)25-13-10-11-14-28(25)35-29/h10-11,13-16,19-21H,8-9,12,17-18H2,1-7H3/q+2/b29-21-. The Balaban J connectivity index is 1.74. The van der Waals surface area contributed by atoms with Crippen LogP contribution >= 0.6 is 11.8 Å². The quantitative estimate of drug-likeness (QED) is 0.246. The highest BCUT2D eigenvalue weighted by atomic mass is 32.2. The summed E-state index contributed by atoms with van der Waals surface area (Å²) >= 11 is 1.79. The summed E-state index contributed by atoms with van der Waals surface area (Å²) in [5.74, 6) is 0.879. The molecule has 0 radical (unpaired) electrons. The van der Waals surface area contributed by atoms with Crippen molar-refractivity contribution in [2.24, 2.45) is 0 Å². The van der Waals surface area contributed by atoms with Crippen molar-refractivity contribution in [2.45, 2.75) is 25.2 Å². The first-order valence-electron chi connectivity index (χ1n) is 12.6. The van der Waals surface area contributed by atoms with Gasteiger partial charge in [0.2, 0.25) is 0 Å². The fourth-order valence-corrected chi connectivity index (χ4v) is 5.71. The molecular weight excluding hydrogens is 452 g/mol. The molecule has 3 aromatic rings. The highest BCUT2D eigenvalue weighted by Crippen LogP contribution is 2.45. The van der Waals surface area contributed by atoms with Gasteiger partial charge in [-0.2, -0.15) is 0 Å². The summed E-state index contributed by atoms with van der Waals surface area (Å²) < 4.78 is 7.51. The van der Waals surface area contributed by atoms with Gasteiger partial charge in [0.25, 0.3) is 0 Å². The minimum Gasteiger partial charge on any atom is -0.373 e. The number of hydrogen-bond acceptors (Lipinski definition) is 4. The van der Waals surface area contributed by atoms with Crippen LogP contribution in [0.2, 0.25) is 0 Å². The minimum atomic E-state index is 0.879. The van der Waals surface area contributed by atoms with E-state index < -0.39 is 0 Å². The number of benzene rings is 2. The molecule has 4 rings (SSSR count). The summed E-state index contributed by atoms with van der Waals surface area (Å²) in [5, 5.41) is 2.33. The van der Waals surface area contributed by atoms with Crippen molar-refractivity contribution < 1.29 is 8.90 Å². The summed E-state index contributed by atoms with van der Waals surface area (Å²) in [4.78, 5) is 8.27. The van der Waals surface area contributed by atoms with Crippen molar-refractivity contribution >= 4 is 45.9 Å². The minimum absolute atomic E-state index is 0.879. The van der Waals surface area contributed by atoms with E-state index in [2.05, 4.69) is 118 Å². The van der Waals surface area contributed by atoms with Crippen molar-refractivity contribution in [2.75, 3.05) is 76.1 Å². The number of quaternary nitrogens is 1. The van der Waals surface area contributed by atoms with Crippen LogP contribution in [-0.2, 0) is 0 Å². The van der Waals surface area contributed by atoms with Crippen molar-refractivity contribution in [3.05, 3.63) is 59.3 Å². The van der Waals surface area contributed by atoms with Crippen LogP contribution in [0.5, 0.6) is 0 Å². The Morgan fingerprint density at radius 1 is 1.03 bits per heavy atom. The van der Waals surface area contributed by atoms with Crippen molar-refractivity contribution in [3.8, 4) is 0 Å². The molecule has 0 amide bonds. The molecule has 186 valence electrons. The van der Waals surface area contributed by atoms with Crippen LogP contribution in [0.3, 0.4) is 0 Å². The molecule has 1 aliphatic heterocycles. The first kappa shape index (κ1) is 25.4. The third-order valence-corrected chi connectivity index (χ3v) is 7.81. The zero-order valence-corrected chi connectivity index (χ0v) is 23.2. The molecule has 1 aliphatic rings. The second-order valence-electron chi connectivity index (χ2n) is 10.3. The second-order valence-corrected chi connectivity index (χ2v) is 11.3. The lowest BCUT2D eigenvalue weighted by Gasteiger charge is -2.26. The van der Waals surface area contributed by atoms with Crippen LogP contribution in [0.15, 0.2) is 62.9 Å². The molecule has 1 aromatic heterocycles. The Bertz CT molecular complexity index is 1210. The third kappa shape index (κ3) is 5.76. The summed E-state index contributed by atoms with van der Waals surface area (Å²) in [5.41, 5.74) is 4.59. The van der Waals surface area contributed by atoms with Crippen LogP contribution in [0.4, 0.5) is 17.1 Å². The molecule has 0 saturated heterocycles. The molecule has 35 heavy (non-hydrogen) atoms. The third-order valence-electron chi connectivity index (χ3n) is 6.65. The van der Waals surface area contributed by atoms with Gasteiger partial charge in [-0.3, -0.25) is 0 Å². The molecule has 6 heteroatoms. The molecular formula is C29H40N4OS+2. The molecule has 0 aliphatic carbocycles. The van der Waals surface area contributed by atoms with Gasteiger partial charge in [-0.05, 0) is 38.1 Å². The highest BCUT2D eigenvalue weighted by molar-refractivity contribution is 8.03. The van der Waals surface area contributed by atoms with E-state index >= 15 is 0 Å². The number of rotatable bonds is 9. The summed E-state index contributed by atoms with van der Waals surface area (Å²) in [6.07, 6.45) is 3.31. The van der Waals surface area contributed by atoms with E-state index in [-0.39, 0.29) is 0 Å². The lowest BCUT2D eigenvalue weighted by Crippen LogP contribution is -2.37. The summed E-state index contributed by atoms with van der Waals surface area (Å²) in [7, 11) is 11.1. The van der Waals surface area contributed by atoms with E-state index in [1.54, 1.807) is 11.8 Å². The van der Waals surface area contributed by atoms with Gasteiger partial charge in [0.05, 0.1) is 62.3 Å². The van der Waals surface area contributed by atoms with Crippen LogP contribution in [0.25, 0.3) is 17.0 Å². The van der Waals surface area contributed by atoms with E-state index in [9.17, 15) is 0 Å². The number of anilines is 3. The van der Waals surface area contributed by atoms with Gasteiger partial charge in [-0.25, -0.2) is 4.42 Å². The summed E-state index contributed by atoms with van der Waals surface area (Å²) in [6.45, 7) is 8.49. The van der Waals surface area contributed by atoms with Crippen molar-refractivity contribution in [3.63, 3.8) is 0 Å². The maximum atomic E-state index is 6.53. The maximum absolute atomic E-state index is 6.53. The molecule has 2 heterocycles.